The summed E-state index contributed by atoms with van der Waals surface area (Å²) >= 11 is 0. The molecule has 0 heterocycles. The first-order valence-corrected chi connectivity index (χ1v) is 9.64. The fourth-order valence-electron chi connectivity index (χ4n) is 2.84. The number of hydrogen-bond donors (Lipinski definition) is 2. The van der Waals surface area contributed by atoms with Crippen LogP contribution >= 0.6 is 0 Å². The molecular weight excluding hydrogens is 380 g/mol. The van der Waals surface area contributed by atoms with Gasteiger partial charge in [-0.3, -0.25) is 9.59 Å². The molecule has 3 rings (SSSR count). The van der Waals surface area contributed by atoms with Crippen molar-refractivity contribution in [3.05, 3.63) is 83.9 Å². The van der Waals surface area contributed by atoms with Crippen molar-refractivity contribution in [2.24, 2.45) is 0 Å². The van der Waals surface area contributed by atoms with E-state index in [-0.39, 0.29) is 18.2 Å². The quantitative estimate of drug-likeness (QED) is 0.578. The molecule has 6 heteroatoms. The number of carbonyl (C=O) groups is 2. The van der Waals surface area contributed by atoms with Gasteiger partial charge in [-0.2, -0.15) is 0 Å². The fraction of sp³-hybridized carbons (Fsp3) is 0.167. The van der Waals surface area contributed by atoms with E-state index in [9.17, 15) is 9.59 Å². The van der Waals surface area contributed by atoms with E-state index in [0.29, 0.717) is 23.5 Å². The van der Waals surface area contributed by atoms with Crippen molar-refractivity contribution in [3.63, 3.8) is 0 Å². The van der Waals surface area contributed by atoms with Gasteiger partial charge in [0.1, 0.15) is 11.5 Å². The lowest BCUT2D eigenvalue weighted by molar-refractivity contribution is -0.115. The van der Waals surface area contributed by atoms with Crippen LogP contribution in [0.25, 0.3) is 0 Å². The van der Waals surface area contributed by atoms with Crippen molar-refractivity contribution in [2.75, 3.05) is 24.4 Å². The Labute approximate surface area is 175 Å². The molecule has 154 valence electrons. The lowest BCUT2D eigenvalue weighted by Crippen LogP contribution is -2.15. The highest BCUT2D eigenvalue weighted by molar-refractivity contribution is 6.04. The molecule has 0 aliphatic carbocycles. The topological polar surface area (TPSA) is 76.7 Å². The lowest BCUT2D eigenvalue weighted by Gasteiger charge is -2.09. The largest absolute Gasteiger partial charge is 0.497 e. The van der Waals surface area contributed by atoms with E-state index in [2.05, 4.69) is 10.6 Å². The number of methoxy groups -OCH3 is 1. The first-order chi connectivity index (χ1) is 14.6. The highest BCUT2D eigenvalue weighted by atomic mass is 16.5. The molecule has 6 nitrogen and oxygen atoms in total. The van der Waals surface area contributed by atoms with E-state index in [4.69, 9.17) is 9.47 Å². The molecule has 0 aliphatic heterocycles. The molecule has 2 N–H and O–H groups in total. The maximum atomic E-state index is 12.4. The standard InChI is InChI=1S/C24H24N2O4/c1-3-30-22-14-10-20(11-15-22)26-24(28)18-6-8-19(9-7-18)25-23(27)16-17-4-12-21(29-2)13-5-17/h4-15H,3,16H2,1-2H3,(H,25,27)(H,26,28). The van der Waals surface area contributed by atoms with E-state index in [0.717, 1.165) is 17.1 Å². The van der Waals surface area contributed by atoms with Crippen molar-refractivity contribution in [2.45, 2.75) is 13.3 Å². The van der Waals surface area contributed by atoms with E-state index in [1.807, 2.05) is 31.2 Å². The van der Waals surface area contributed by atoms with Gasteiger partial charge in [0.05, 0.1) is 20.1 Å². The minimum Gasteiger partial charge on any atom is -0.497 e. The number of hydrogen-bond acceptors (Lipinski definition) is 4. The predicted octanol–water partition coefficient (Wildman–Crippen LogP) is 4.53. The smallest absolute Gasteiger partial charge is 0.255 e. The van der Waals surface area contributed by atoms with Gasteiger partial charge in [0.25, 0.3) is 5.91 Å². The monoisotopic (exact) mass is 404 g/mol. The van der Waals surface area contributed by atoms with Gasteiger partial charge in [0.2, 0.25) is 5.91 Å². The molecule has 3 aromatic rings. The molecule has 2 amide bonds. The molecule has 0 aliphatic rings. The summed E-state index contributed by atoms with van der Waals surface area (Å²) in [5.74, 6) is 1.14. The molecular formula is C24H24N2O4. The van der Waals surface area contributed by atoms with Gasteiger partial charge in [-0.15, -0.1) is 0 Å². The Morgan fingerprint density at radius 2 is 1.33 bits per heavy atom. The van der Waals surface area contributed by atoms with Crippen LogP contribution in [0.4, 0.5) is 11.4 Å². The third-order valence-corrected chi connectivity index (χ3v) is 4.38. The van der Waals surface area contributed by atoms with Crippen LogP contribution in [0.15, 0.2) is 72.8 Å². The summed E-state index contributed by atoms with van der Waals surface area (Å²) in [6.45, 7) is 2.51. The molecule has 0 radical (unpaired) electrons. The number of anilines is 2. The number of benzene rings is 3. The van der Waals surface area contributed by atoms with Crippen molar-refractivity contribution in [1.82, 2.24) is 0 Å². The minimum atomic E-state index is -0.227. The normalized spacial score (nSPS) is 10.2. The molecule has 3 aromatic carbocycles. The Hall–Kier alpha value is -3.80. The molecule has 0 bridgehead atoms. The Balaban J connectivity index is 1.54. The van der Waals surface area contributed by atoms with Crippen LogP contribution in [0, 0.1) is 0 Å². The fourth-order valence-corrected chi connectivity index (χ4v) is 2.84. The van der Waals surface area contributed by atoms with E-state index >= 15 is 0 Å². The SMILES string of the molecule is CCOc1ccc(NC(=O)c2ccc(NC(=O)Cc3ccc(OC)cc3)cc2)cc1. The number of rotatable bonds is 8. The van der Waals surface area contributed by atoms with Gasteiger partial charge in [0.15, 0.2) is 0 Å². The van der Waals surface area contributed by atoms with Crippen LogP contribution in [0.1, 0.15) is 22.8 Å². The number of carbonyl (C=O) groups excluding carboxylic acids is 2. The zero-order chi connectivity index (χ0) is 21.3. The van der Waals surface area contributed by atoms with Crippen molar-refractivity contribution in [3.8, 4) is 11.5 Å². The molecule has 0 spiro atoms. The lowest BCUT2D eigenvalue weighted by atomic mass is 10.1. The molecule has 0 atom stereocenters. The Kier molecular flexibility index (Phi) is 7.05. The van der Waals surface area contributed by atoms with Crippen molar-refractivity contribution < 1.29 is 19.1 Å². The van der Waals surface area contributed by atoms with Crippen LogP contribution < -0.4 is 20.1 Å². The van der Waals surface area contributed by atoms with Crippen molar-refractivity contribution in [1.29, 1.82) is 0 Å². The Morgan fingerprint density at radius 1 is 0.767 bits per heavy atom. The molecule has 0 unspecified atom stereocenters. The maximum Gasteiger partial charge on any atom is 0.255 e. The van der Waals surface area contributed by atoms with E-state index in [1.54, 1.807) is 55.6 Å². The second-order valence-corrected chi connectivity index (χ2v) is 6.56. The zero-order valence-electron chi connectivity index (χ0n) is 17.0. The minimum absolute atomic E-state index is 0.133. The third kappa shape index (κ3) is 5.85. The van der Waals surface area contributed by atoms with Crippen LogP contribution in [-0.2, 0) is 11.2 Å². The second kappa shape index (κ2) is 10.1. The number of ether oxygens (including phenoxy) is 2. The van der Waals surface area contributed by atoms with E-state index in [1.165, 1.54) is 0 Å². The van der Waals surface area contributed by atoms with Gasteiger partial charge < -0.3 is 20.1 Å². The average molecular weight is 404 g/mol. The first-order valence-electron chi connectivity index (χ1n) is 9.64. The third-order valence-electron chi connectivity index (χ3n) is 4.38. The summed E-state index contributed by atoms with van der Waals surface area (Å²) in [5.41, 5.74) is 2.70. The van der Waals surface area contributed by atoms with Gasteiger partial charge in [-0.25, -0.2) is 0 Å². The van der Waals surface area contributed by atoms with Crippen LogP contribution in [0.5, 0.6) is 11.5 Å². The summed E-state index contributed by atoms with van der Waals surface area (Å²) in [6, 6.07) is 21.3. The molecule has 0 fully saturated rings. The van der Waals surface area contributed by atoms with Crippen molar-refractivity contribution >= 4 is 23.2 Å². The number of amides is 2. The Morgan fingerprint density at radius 3 is 1.93 bits per heavy atom. The summed E-state index contributed by atoms with van der Waals surface area (Å²) in [4.78, 5) is 24.7. The molecule has 0 saturated heterocycles. The summed E-state index contributed by atoms with van der Waals surface area (Å²) in [7, 11) is 1.60. The molecule has 0 saturated carbocycles. The van der Waals surface area contributed by atoms with Gasteiger partial charge in [0, 0.05) is 16.9 Å². The summed E-state index contributed by atoms with van der Waals surface area (Å²) in [5, 5.41) is 5.67. The zero-order valence-corrected chi connectivity index (χ0v) is 17.0. The molecule has 30 heavy (non-hydrogen) atoms. The van der Waals surface area contributed by atoms with E-state index < -0.39 is 0 Å². The van der Waals surface area contributed by atoms with Crippen LogP contribution in [-0.4, -0.2) is 25.5 Å². The van der Waals surface area contributed by atoms with Gasteiger partial charge in [-0.05, 0) is 73.2 Å². The molecule has 0 aromatic heterocycles. The highest BCUT2D eigenvalue weighted by Crippen LogP contribution is 2.18. The van der Waals surface area contributed by atoms with Crippen LogP contribution in [0.3, 0.4) is 0 Å². The Bertz CT molecular complexity index is 981. The summed E-state index contributed by atoms with van der Waals surface area (Å²) < 4.78 is 10.5. The predicted molar refractivity (Wildman–Crippen MR) is 117 cm³/mol. The maximum absolute atomic E-state index is 12.4. The van der Waals surface area contributed by atoms with Gasteiger partial charge in [-0.1, -0.05) is 12.1 Å². The highest BCUT2D eigenvalue weighted by Gasteiger charge is 2.08. The number of nitrogens with one attached hydrogen (secondary N) is 2. The first kappa shape index (κ1) is 20.9. The van der Waals surface area contributed by atoms with Crippen LogP contribution in [0.2, 0.25) is 0 Å². The second-order valence-electron chi connectivity index (χ2n) is 6.56. The van der Waals surface area contributed by atoms with Gasteiger partial charge >= 0.3 is 0 Å². The average Bonchev–Trinajstić information content (AvgIpc) is 2.76. The summed E-state index contributed by atoms with van der Waals surface area (Å²) in [6.07, 6.45) is 0.254.